The van der Waals surface area contributed by atoms with Gasteiger partial charge in [0.05, 0.1) is 0 Å². The first-order chi connectivity index (χ1) is 14.6. The van der Waals surface area contributed by atoms with Crippen molar-refractivity contribution in [1.29, 1.82) is 0 Å². The number of carbonyl (C=O) groups excluding carboxylic acids is 1. The van der Waals surface area contributed by atoms with Crippen LogP contribution in [0.3, 0.4) is 0 Å². The van der Waals surface area contributed by atoms with Gasteiger partial charge in [-0.15, -0.1) is 5.10 Å². The van der Waals surface area contributed by atoms with E-state index in [0.717, 1.165) is 29.8 Å². The van der Waals surface area contributed by atoms with Crippen molar-refractivity contribution in [3.05, 3.63) is 46.0 Å². The molecule has 1 amide bonds. The molecule has 0 aromatic carbocycles. The van der Waals surface area contributed by atoms with Crippen LogP contribution in [0.5, 0.6) is 0 Å². The Balaban J connectivity index is 1.29. The van der Waals surface area contributed by atoms with Crippen LogP contribution >= 0.6 is 11.3 Å². The first kappa shape index (κ1) is 18.9. The molecule has 10 heteroatoms. The number of rotatable bonds is 4. The van der Waals surface area contributed by atoms with Crippen LogP contribution in [0.4, 0.5) is 0 Å². The SMILES string of the molecule is Cc1cc(C)n2nc(C(=O)N3CCC[C@H](Cc4nc(-c5ccsc5)no4)C3)nc2n1. The molecule has 1 saturated heterocycles. The molecule has 1 aliphatic heterocycles. The van der Waals surface area contributed by atoms with Crippen LogP contribution in [0.2, 0.25) is 0 Å². The molecule has 0 radical (unpaired) electrons. The summed E-state index contributed by atoms with van der Waals surface area (Å²) in [5, 5.41) is 12.4. The Hall–Kier alpha value is -3.14. The normalized spacial score (nSPS) is 17.0. The Bertz CT molecular complexity index is 1200. The Kier molecular flexibility index (Phi) is 4.78. The largest absolute Gasteiger partial charge is 0.339 e. The van der Waals surface area contributed by atoms with Gasteiger partial charge in [-0.3, -0.25) is 4.79 Å². The third-order valence-electron chi connectivity index (χ3n) is 5.33. The van der Waals surface area contributed by atoms with E-state index in [-0.39, 0.29) is 17.6 Å². The fourth-order valence-electron chi connectivity index (χ4n) is 3.91. The molecule has 0 unspecified atom stereocenters. The minimum Gasteiger partial charge on any atom is -0.339 e. The lowest BCUT2D eigenvalue weighted by Crippen LogP contribution is -2.41. The van der Waals surface area contributed by atoms with Crippen LogP contribution in [0.25, 0.3) is 17.2 Å². The van der Waals surface area contributed by atoms with Gasteiger partial charge in [0.25, 0.3) is 11.7 Å². The summed E-state index contributed by atoms with van der Waals surface area (Å²) in [6.45, 7) is 5.15. The number of thiophene rings is 1. The van der Waals surface area contributed by atoms with E-state index in [1.165, 1.54) is 0 Å². The van der Waals surface area contributed by atoms with Gasteiger partial charge in [-0.05, 0) is 50.1 Å². The topological polar surface area (TPSA) is 102 Å². The summed E-state index contributed by atoms with van der Waals surface area (Å²) in [7, 11) is 0. The van der Waals surface area contributed by atoms with Crippen molar-refractivity contribution in [3.63, 3.8) is 0 Å². The van der Waals surface area contributed by atoms with Gasteiger partial charge in [0.2, 0.25) is 17.5 Å². The van der Waals surface area contributed by atoms with Gasteiger partial charge in [0.15, 0.2) is 0 Å². The summed E-state index contributed by atoms with van der Waals surface area (Å²) in [5.41, 5.74) is 2.72. The smallest absolute Gasteiger partial charge is 0.293 e. The minimum atomic E-state index is -0.160. The maximum absolute atomic E-state index is 13.0. The van der Waals surface area contributed by atoms with E-state index in [0.29, 0.717) is 37.0 Å². The number of aromatic nitrogens is 6. The zero-order valence-corrected chi connectivity index (χ0v) is 17.6. The number of amides is 1. The van der Waals surface area contributed by atoms with Crippen LogP contribution in [0.15, 0.2) is 27.4 Å². The van der Waals surface area contributed by atoms with Crippen LogP contribution in [0, 0.1) is 19.8 Å². The molecule has 4 aromatic rings. The zero-order valence-electron chi connectivity index (χ0n) is 16.8. The van der Waals surface area contributed by atoms with E-state index in [9.17, 15) is 4.79 Å². The maximum atomic E-state index is 13.0. The molecule has 5 heterocycles. The third kappa shape index (κ3) is 3.58. The molecule has 0 bridgehead atoms. The van der Waals surface area contributed by atoms with Crippen LogP contribution in [-0.4, -0.2) is 53.6 Å². The molecule has 5 rings (SSSR count). The summed E-state index contributed by atoms with van der Waals surface area (Å²) in [6.07, 6.45) is 2.59. The highest BCUT2D eigenvalue weighted by Crippen LogP contribution is 2.24. The van der Waals surface area contributed by atoms with Crippen molar-refractivity contribution in [2.45, 2.75) is 33.1 Å². The molecule has 154 valence electrons. The molecule has 0 spiro atoms. The molecule has 30 heavy (non-hydrogen) atoms. The van der Waals surface area contributed by atoms with Gasteiger partial charge in [-0.25, -0.2) is 9.50 Å². The first-order valence-electron chi connectivity index (χ1n) is 9.92. The Morgan fingerprint density at radius 1 is 1.30 bits per heavy atom. The van der Waals surface area contributed by atoms with E-state index < -0.39 is 0 Å². The van der Waals surface area contributed by atoms with Gasteiger partial charge in [0, 0.05) is 41.8 Å². The number of fused-ring (bicyclic) bond motifs is 1. The monoisotopic (exact) mass is 423 g/mol. The van der Waals surface area contributed by atoms with Crippen LogP contribution in [-0.2, 0) is 6.42 Å². The minimum absolute atomic E-state index is 0.160. The molecular formula is C20H21N7O2S. The van der Waals surface area contributed by atoms with Gasteiger partial charge in [-0.1, -0.05) is 5.16 Å². The second kappa shape index (κ2) is 7.60. The van der Waals surface area contributed by atoms with E-state index in [1.54, 1.807) is 15.9 Å². The van der Waals surface area contributed by atoms with Gasteiger partial charge < -0.3 is 9.42 Å². The number of aryl methyl sites for hydroxylation is 2. The zero-order chi connectivity index (χ0) is 20.7. The number of nitrogens with zero attached hydrogens (tertiary/aromatic N) is 7. The van der Waals surface area contributed by atoms with E-state index >= 15 is 0 Å². The highest BCUT2D eigenvalue weighted by molar-refractivity contribution is 7.08. The molecule has 0 N–H and O–H groups in total. The van der Waals surface area contributed by atoms with E-state index in [1.807, 2.05) is 41.6 Å². The molecule has 1 aliphatic rings. The standard InChI is InChI=1S/C20H21N7O2S/c1-12-8-13(2)27-20(21-12)23-18(24-27)19(28)26-6-3-4-14(10-26)9-16-22-17(25-29-16)15-5-7-30-11-15/h5,7-8,11,14H,3-4,6,9-10H2,1-2H3/t14-/m1/s1. The fraction of sp³-hybridized carbons (Fsp3) is 0.400. The second-order valence-corrected chi connectivity index (χ2v) is 8.45. The lowest BCUT2D eigenvalue weighted by molar-refractivity contribution is 0.0656. The van der Waals surface area contributed by atoms with E-state index in [4.69, 9.17) is 4.52 Å². The van der Waals surface area contributed by atoms with Crippen molar-refractivity contribution in [1.82, 2.24) is 34.6 Å². The summed E-state index contributed by atoms with van der Waals surface area (Å²) >= 11 is 1.60. The quantitative estimate of drug-likeness (QED) is 0.497. The van der Waals surface area contributed by atoms with Crippen molar-refractivity contribution in [3.8, 4) is 11.4 Å². The molecule has 4 aromatic heterocycles. The molecule has 9 nitrogen and oxygen atoms in total. The summed E-state index contributed by atoms with van der Waals surface area (Å²) < 4.78 is 7.06. The van der Waals surface area contributed by atoms with Gasteiger partial charge in [-0.2, -0.15) is 21.3 Å². The maximum Gasteiger partial charge on any atom is 0.293 e. The molecule has 0 saturated carbocycles. The highest BCUT2D eigenvalue weighted by Gasteiger charge is 2.28. The Labute approximate surface area is 176 Å². The predicted molar refractivity (Wildman–Crippen MR) is 110 cm³/mol. The molecular weight excluding hydrogens is 402 g/mol. The summed E-state index contributed by atoms with van der Waals surface area (Å²) in [4.78, 5) is 28.1. The number of piperidine rings is 1. The van der Waals surface area contributed by atoms with Crippen LogP contribution in [0.1, 0.15) is 40.7 Å². The summed E-state index contributed by atoms with van der Waals surface area (Å²) in [6, 6.07) is 3.89. The molecule has 1 atom stereocenters. The van der Waals surface area contributed by atoms with Crippen molar-refractivity contribution >= 4 is 23.0 Å². The third-order valence-corrected chi connectivity index (χ3v) is 6.01. The predicted octanol–water partition coefficient (Wildman–Crippen LogP) is 2.95. The first-order valence-corrected chi connectivity index (χ1v) is 10.9. The molecule has 1 fully saturated rings. The number of carbonyl (C=O) groups is 1. The lowest BCUT2D eigenvalue weighted by Gasteiger charge is -2.31. The van der Waals surface area contributed by atoms with Crippen molar-refractivity contribution in [2.75, 3.05) is 13.1 Å². The van der Waals surface area contributed by atoms with Gasteiger partial charge in [0.1, 0.15) is 0 Å². The number of hydrogen-bond donors (Lipinski definition) is 0. The second-order valence-electron chi connectivity index (χ2n) is 7.67. The molecule has 0 aliphatic carbocycles. The average Bonchev–Trinajstić information content (AvgIpc) is 3.47. The highest BCUT2D eigenvalue weighted by atomic mass is 32.1. The van der Waals surface area contributed by atoms with E-state index in [2.05, 4.69) is 25.2 Å². The summed E-state index contributed by atoms with van der Waals surface area (Å²) in [5.74, 6) is 1.97. The van der Waals surface area contributed by atoms with Crippen molar-refractivity contribution < 1.29 is 9.32 Å². The average molecular weight is 424 g/mol. The number of likely N-dealkylation sites (tertiary alicyclic amines) is 1. The Morgan fingerprint density at radius 2 is 2.20 bits per heavy atom. The van der Waals surface area contributed by atoms with Gasteiger partial charge >= 0.3 is 0 Å². The van der Waals surface area contributed by atoms with Crippen molar-refractivity contribution in [2.24, 2.45) is 5.92 Å². The Morgan fingerprint density at radius 3 is 3.03 bits per heavy atom. The fourth-order valence-corrected chi connectivity index (χ4v) is 4.54. The lowest BCUT2D eigenvalue weighted by atomic mass is 9.94. The number of hydrogen-bond acceptors (Lipinski definition) is 8. The van der Waals surface area contributed by atoms with Crippen LogP contribution < -0.4 is 0 Å².